The summed E-state index contributed by atoms with van der Waals surface area (Å²) >= 11 is 1.70. The molecule has 1 N–H and O–H groups in total. The lowest BCUT2D eigenvalue weighted by Gasteiger charge is -2.21. The smallest absolute Gasteiger partial charge is 0.254 e. The van der Waals surface area contributed by atoms with Crippen LogP contribution in [0.5, 0.6) is 5.75 Å². The lowest BCUT2D eigenvalue weighted by molar-refractivity contribution is 0.0951. The van der Waals surface area contributed by atoms with Crippen molar-refractivity contribution in [1.29, 1.82) is 0 Å². The number of fused-ring (bicyclic) bond motifs is 1. The summed E-state index contributed by atoms with van der Waals surface area (Å²) in [5.74, 6) is 1.62. The Kier molecular flexibility index (Phi) is 5.30. The van der Waals surface area contributed by atoms with E-state index in [2.05, 4.69) is 12.2 Å². The second kappa shape index (κ2) is 7.85. The molecule has 1 atom stereocenters. The van der Waals surface area contributed by atoms with Gasteiger partial charge in [-0.15, -0.1) is 11.3 Å². The van der Waals surface area contributed by atoms with Gasteiger partial charge < -0.3 is 10.1 Å². The lowest BCUT2D eigenvalue weighted by Crippen LogP contribution is -2.26. The van der Waals surface area contributed by atoms with Crippen molar-refractivity contribution in [2.75, 3.05) is 7.11 Å². The molecule has 1 amide bonds. The summed E-state index contributed by atoms with van der Waals surface area (Å²) in [5, 5.41) is 4.02. The monoisotopic (exact) mass is 382 g/mol. The van der Waals surface area contributed by atoms with Crippen LogP contribution in [0.25, 0.3) is 0 Å². The van der Waals surface area contributed by atoms with Gasteiger partial charge in [-0.3, -0.25) is 4.79 Å². The maximum Gasteiger partial charge on any atom is 0.254 e. The molecule has 2 aromatic rings. The SMILES string of the molecule is CCC1CCc2c(sc(N=Cc3ccc(OC)cc3)c2C(=O)NC2CC2)C1. The van der Waals surface area contributed by atoms with Crippen molar-refractivity contribution in [2.24, 2.45) is 10.9 Å². The molecule has 1 fully saturated rings. The average molecular weight is 383 g/mol. The highest BCUT2D eigenvalue weighted by Crippen LogP contribution is 2.42. The zero-order valence-electron chi connectivity index (χ0n) is 16.0. The van der Waals surface area contributed by atoms with Gasteiger partial charge in [0, 0.05) is 17.1 Å². The molecule has 1 unspecified atom stereocenters. The lowest BCUT2D eigenvalue weighted by atomic mass is 9.85. The zero-order valence-corrected chi connectivity index (χ0v) is 16.8. The molecule has 27 heavy (non-hydrogen) atoms. The average Bonchev–Trinajstić information content (AvgIpc) is 3.43. The highest BCUT2D eigenvalue weighted by molar-refractivity contribution is 7.16. The Morgan fingerprint density at radius 3 is 2.74 bits per heavy atom. The molecule has 4 nitrogen and oxygen atoms in total. The van der Waals surface area contributed by atoms with Crippen molar-refractivity contribution in [3.05, 3.63) is 45.8 Å². The number of nitrogens with zero attached hydrogens (tertiary/aromatic N) is 1. The molecule has 0 saturated heterocycles. The number of hydrogen-bond donors (Lipinski definition) is 1. The first kappa shape index (κ1) is 18.2. The minimum absolute atomic E-state index is 0.0619. The van der Waals surface area contributed by atoms with Crippen LogP contribution in [0.2, 0.25) is 0 Å². The van der Waals surface area contributed by atoms with E-state index >= 15 is 0 Å². The van der Waals surface area contributed by atoms with E-state index in [4.69, 9.17) is 9.73 Å². The fraction of sp³-hybridized carbons (Fsp3) is 0.455. The summed E-state index contributed by atoms with van der Waals surface area (Å²) in [4.78, 5) is 19.0. The third-order valence-corrected chi connectivity index (χ3v) is 6.67. The molecule has 0 spiro atoms. The van der Waals surface area contributed by atoms with Crippen molar-refractivity contribution in [2.45, 2.75) is 51.5 Å². The van der Waals surface area contributed by atoms with Gasteiger partial charge in [-0.1, -0.05) is 13.3 Å². The highest BCUT2D eigenvalue weighted by atomic mass is 32.1. The number of benzene rings is 1. The molecule has 1 aromatic heterocycles. The van der Waals surface area contributed by atoms with Crippen LogP contribution < -0.4 is 10.1 Å². The van der Waals surface area contributed by atoms with Crippen molar-refractivity contribution < 1.29 is 9.53 Å². The number of carbonyl (C=O) groups is 1. The molecule has 5 heteroatoms. The summed E-state index contributed by atoms with van der Waals surface area (Å²) in [5.41, 5.74) is 3.06. The number of ether oxygens (including phenoxy) is 1. The summed E-state index contributed by atoms with van der Waals surface area (Å²) < 4.78 is 5.21. The number of methoxy groups -OCH3 is 1. The van der Waals surface area contributed by atoms with Crippen molar-refractivity contribution in [3.8, 4) is 5.75 Å². The van der Waals surface area contributed by atoms with Crippen LogP contribution in [0.3, 0.4) is 0 Å². The molecule has 2 aliphatic carbocycles. The maximum absolute atomic E-state index is 12.9. The van der Waals surface area contributed by atoms with Gasteiger partial charge in [-0.25, -0.2) is 4.99 Å². The van der Waals surface area contributed by atoms with Gasteiger partial charge in [0.15, 0.2) is 0 Å². The number of rotatable bonds is 6. The Morgan fingerprint density at radius 2 is 2.07 bits per heavy atom. The molecule has 142 valence electrons. The Morgan fingerprint density at radius 1 is 1.30 bits per heavy atom. The third-order valence-electron chi connectivity index (χ3n) is 5.51. The Balaban J connectivity index is 1.64. The van der Waals surface area contributed by atoms with Gasteiger partial charge in [0.25, 0.3) is 5.91 Å². The molecule has 4 rings (SSSR count). The number of thiophene rings is 1. The Bertz CT molecular complexity index is 850. The number of amides is 1. The first-order valence-corrected chi connectivity index (χ1v) is 10.6. The van der Waals surface area contributed by atoms with Gasteiger partial charge in [-0.2, -0.15) is 0 Å². The standard InChI is InChI=1S/C22H26N2O2S/c1-3-14-6-11-18-19(12-14)27-22(20(18)21(25)24-16-7-8-16)23-13-15-4-9-17(26-2)10-5-15/h4-5,9-10,13-14,16H,3,6-8,11-12H2,1-2H3,(H,24,25). The molecule has 0 aliphatic heterocycles. The van der Waals surface area contributed by atoms with Gasteiger partial charge in [0.2, 0.25) is 0 Å². The number of nitrogens with one attached hydrogen (secondary N) is 1. The molecular formula is C22H26N2O2S. The van der Waals surface area contributed by atoms with Crippen LogP contribution in [-0.4, -0.2) is 25.3 Å². The predicted octanol–water partition coefficient (Wildman–Crippen LogP) is 4.91. The van der Waals surface area contributed by atoms with Crippen molar-refractivity contribution in [3.63, 3.8) is 0 Å². The normalized spacial score (nSPS) is 19.1. The van der Waals surface area contributed by atoms with Gasteiger partial charge in [0.1, 0.15) is 10.8 Å². The van der Waals surface area contributed by atoms with Crippen molar-refractivity contribution in [1.82, 2.24) is 5.32 Å². The first-order valence-electron chi connectivity index (χ1n) is 9.81. The van der Waals surface area contributed by atoms with Crippen molar-refractivity contribution >= 4 is 28.5 Å². The minimum atomic E-state index is 0.0619. The van der Waals surface area contributed by atoms with Crippen LogP contribution in [0, 0.1) is 5.92 Å². The maximum atomic E-state index is 12.9. The minimum Gasteiger partial charge on any atom is -0.497 e. The van der Waals surface area contributed by atoms with Crippen LogP contribution >= 0.6 is 11.3 Å². The second-order valence-corrected chi connectivity index (χ2v) is 8.56. The molecule has 2 aliphatic rings. The van der Waals surface area contributed by atoms with E-state index in [0.717, 1.165) is 53.5 Å². The second-order valence-electron chi connectivity index (χ2n) is 7.48. The van der Waals surface area contributed by atoms with E-state index in [9.17, 15) is 4.79 Å². The van der Waals surface area contributed by atoms with E-state index in [1.54, 1.807) is 18.4 Å². The molecule has 1 saturated carbocycles. The Hall–Kier alpha value is -2.14. The molecule has 0 bridgehead atoms. The molecular weight excluding hydrogens is 356 g/mol. The third kappa shape index (κ3) is 4.08. The number of hydrogen-bond acceptors (Lipinski definition) is 4. The summed E-state index contributed by atoms with van der Waals surface area (Å²) in [6.45, 7) is 2.26. The molecule has 1 heterocycles. The van der Waals surface area contributed by atoms with E-state index in [-0.39, 0.29) is 5.91 Å². The van der Waals surface area contributed by atoms with E-state index in [1.165, 1.54) is 23.3 Å². The fourth-order valence-corrected chi connectivity index (χ4v) is 4.92. The predicted molar refractivity (Wildman–Crippen MR) is 111 cm³/mol. The molecule has 0 radical (unpaired) electrons. The molecule has 1 aromatic carbocycles. The zero-order chi connectivity index (χ0) is 18.8. The number of carbonyl (C=O) groups excluding carboxylic acids is 1. The van der Waals surface area contributed by atoms with Gasteiger partial charge >= 0.3 is 0 Å². The summed E-state index contributed by atoms with van der Waals surface area (Å²) in [6.07, 6.45) is 8.49. The van der Waals surface area contributed by atoms with E-state index in [0.29, 0.717) is 6.04 Å². The Labute approximate surface area is 164 Å². The topological polar surface area (TPSA) is 50.7 Å². The van der Waals surface area contributed by atoms with E-state index in [1.807, 2.05) is 30.5 Å². The highest BCUT2D eigenvalue weighted by Gasteiger charge is 2.31. The van der Waals surface area contributed by atoms with Crippen LogP contribution in [0.4, 0.5) is 5.00 Å². The van der Waals surface area contributed by atoms with Crippen LogP contribution in [-0.2, 0) is 12.8 Å². The van der Waals surface area contributed by atoms with Gasteiger partial charge in [-0.05, 0) is 73.4 Å². The largest absolute Gasteiger partial charge is 0.497 e. The summed E-state index contributed by atoms with van der Waals surface area (Å²) in [7, 11) is 1.66. The van der Waals surface area contributed by atoms with E-state index < -0.39 is 0 Å². The van der Waals surface area contributed by atoms with Gasteiger partial charge in [0.05, 0.1) is 12.7 Å². The number of aliphatic imine (C=N–C) groups is 1. The first-order chi connectivity index (χ1) is 13.2. The quantitative estimate of drug-likeness (QED) is 0.721. The summed E-state index contributed by atoms with van der Waals surface area (Å²) in [6, 6.07) is 8.17. The van der Waals surface area contributed by atoms with Crippen LogP contribution in [0.1, 0.15) is 59.0 Å². The fourth-order valence-electron chi connectivity index (χ4n) is 3.62. The van der Waals surface area contributed by atoms with Crippen LogP contribution in [0.15, 0.2) is 29.3 Å².